The molecule has 0 radical (unpaired) electrons. The monoisotopic (exact) mass is 441 g/mol. The number of aryl methyl sites for hydroxylation is 2. The van der Waals surface area contributed by atoms with E-state index < -0.39 is 0 Å². The first-order valence-electron chi connectivity index (χ1n) is 11.1. The quantitative estimate of drug-likeness (QED) is 0.418. The Balaban J connectivity index is 1.47. The minimum absolute atomic E-state index is 0.168. The second kappa shape index (κ2) is 10.1. The van der Waals surface area contributed by atoms with Gasteiger partial charge in [0.1, 0.15) is 17.0 Å². The maximum absolute atomic E-state index is 13.2. The number of hydrogen-bond acceptors (Lipinski definition) is 4. The Morgan fingerprint density at radius 1 is 0.909 bits per heavy atom. The van der Waals surface area contributed by atoms with Gasteiger partial charge in [-0.2, -0.15) is 0 Å². The molecular formula is C27H27N3O3. The third-order valence-corrected chi connectivity index (χ3v) is 5.56. The largest absolute Gasteiger partial charge is 0.461 e. The van der Waals surface area contributed by atoms with Gasteiger partial charge in [-0.05, 0) is 50.5 Å². The van der Waals surface area contributed by atoms with E-state index in [0.29, 0.717) is 42.0 Å². The van der Waals surface area contributed by atoms with E-state index in [1.165, 1.54) is 0 Å². The summed E-state index contributed by atoms with van der Waals surface area (Å²) in [5, 5.41) is 6.87. The summed E-state index contributed by atoms with van der Waals surface area (Å²) < 4.78 is 5.77. The van der Waals surface area contributed by atoms with Gasteiger partial charge in [-0.1, -0.05) is 54.6 Å². The molecule has 0 aliphatic carbocycles. The van der Waals surface area contributed by atoms with E-state index in [9.17, 15) is 9.59 Å². The lowest BCUT2D eigenvalue weighted by Gasteiger charge is -2.19. The van der Waals surface area contributed by atoms with Crippen molar-refractivity contribution in [3.63, 3.8) is 0 Å². The second-order valence-corrected chi connectivity index (χ2v) is 8.10. The SMILES string of the molecule is Cc1cccc(C(=O)NCC[C@H](Cc2ccccc2)NC(=O)c2c(C)oc3ccccc23)n1. The molecule has 0 aliphatic rings. The van der Waals surface area contributed by atoms with Crippen molar-refractivity contribution in [1.29, 1.82) is 0 Å². The van der Waals surface area contributed by atoms with Gasteiger partial charge in [0.2, 0.25) is 0 Å². The van der Waals surface area contributed by atoms with Gasteiger partial charge >= 0.3 is 0 Å². The Hall–Kier alpha value is -3.93. The number of pyridine rings is 1. The Bertz CT molecular complexity index is 1260. The van der Waals surface area contributed by atoms with Crippen LogP contribution in [0.3, 0.4) is 0 Å². The molecule has 0 bridgehead atoms. The molecule has 0 spiro atoms. The van der Waals surface area contributed by atoms with E-state index in [1.54, 1.807) is 13.0 Å². The second-order valence-electron chi connectivity index (χ2n) is 8.10. The van der Waals surface area contributed by atoms with Crippen LogP contribution in [0.4, 0.5) is 0 Å². The first-order valence-corrected chi connectivity index (χ1v) is 11.1. The summed E-state index contributed by atoms with van der Waals surface area (Å²) in [6, 6.07) is 22.7. The van der Waals surface area contributed by atoms with Gasteiger partial charge in [-0.15, -0.1) is 0 Å². The number of amides is 2. The fourth-order valence-corrected chi connectivity index (χ4v) is 3.95. The molecule has 4 aromatic rings. The third-order valence-electron chi connectivity index (χ3n) is 5.56. The van der Waals surface area contributed by atoms with E-state index >= 15 is 0 Å². The molecule has 2 amide bonds. The fraction of sp³-hybridized carbons (Fsp3) is 0.222. The summed E-state index contributed by atoms with van der Waals surface area (Å²) in [6.07, 6.45) is 1.23. The highest BCUT2D eigenvalue weighted by Gasteiger charge is 2.21. The van der Waals surface area contributed by atoms with E-state index in [0.717, 1.165) is 16.6 Å². The van der Waals surface area contributed by atoms with Crippen molar-refractivity contribution in [2.45, 2.75) is 32.7 Å². The lowest BCUT2D eigenvalue weighted by atomic mass is 10.0. The smallest absolute Gasteiger partial charge is 0.269 e. The standard InChI is InChI=1S/C27H27N3O3/c1-18-9-8-13-23(29-18)26(31)28-16-15-21(17-20-10-4-3-5-11-20)30-27(32)25-19(2)33-24-14-7-6-12-22(24)25/h3-14,21H,15-17H2,1-2H3,(H,28,31)(H,30,32)/t21-/m1/s1. The predicted molar refractivity (Wildman–Crippen MR) is 128 cm³/mol. The molecule has 168 valence electrons. The Morgan fingerprint density at radius 2 is 1.67 bits per heavy atom. The third kappa shape index (κ3) is 5.47. The lowest BCUT2D eigenvalue weighted by Crippen LogP contribution is -2.39. The van der Waals surface area contributed by atoms with Crippen LogP contribution in [0.2, 0.25) is 0 Å². The number of para-hydroxylation sites is 1. The minimum atomic E-state index is -0.222. The molecule has 6 nitrogen and oxygen atoms in total. The maximum Gasteiger partial charge on any atom is 0.269 e. The average molecular weight is 442 g/mol. The molecule has 0 unspecified atom stereocenters. The first kappa shape index (κ1) is 22.3. The molecule has 0 saturated heterocycles. The molecule has 0 saturated carbocycles. The molecule has 0 fully saturated rings. The van der Waals surface area contributed by atoms with Crippen LogP contribution in [-0.4, -0.2) is 29.4 Å². The van der Waals surface area contributed by atoms with E-state index in [2.05, 4.69) is 15.6 Å². The fourth-order valence-electron chi connectivity index (χ4n) is 3.95. The Morgan fingerprint density at radius 3 is 2.45 bits per heavy atom. The number of furan rings is 1. The van der Waals surface area contributed by atoms with Gasteiger partial charge in [0.15, 0.2) is 0 Å². The summed E-state index contributed by atoms with van der Waals surface area (Å²) >= 11 is 0. The number of benzene rings is 2. The number of carbonyl (C=O) groups excluding carboxylic acids is 2. The molecular weight excluding hydrogens is 414 g/mol. The highest BCUT2D eigenvalue weighted by atomic mass is 16.3. The van der Waals surface area contributed by atoms with Crippen LogP contribution in [-0.2, 0) is 6.42 Å². The van der Waals surface area contributed by atoms with Crippen molar-refractivity contribution in [2.24, 2.45) is 0 Å². The number of fused-ring (bicyclic) bond motifs is 1. The molecule has 2 N–H and O–H groups in total. The zero-order valence-corrected chi connectivity index (χ0v) is 18.8. The van der Waals surface area contributed by atoms with Gasteiger partial charge < -0.3 is 15.1 Å². The van der Waals surface area contributed by atoms with Crippen LogP contribution < -0.4 is 10.6 Å². The predicted octanol–water partition coefficient (Wildman–Crippen LogP) is 4.61. The molecule has 2 aromatic heterocycles. The Kier molecular flexibility index (Phi) is 6.83. The molecule has 4 rings (SSSR count). The molecule has 2 heterocycles. The summed E-state index contributed by atoms with van der Waals surface area (Å²) in [5.74, 6) is 0.191. The first-order chi connectivity index (χ1) is 16.0. The minimum Gasteiger partial charge on any atom is -0.461 e. The van der Waals surface area contributed by atoms with Crippen LogP contribution in [0.1, 0.15) is 44.3 Å². The summed E-state index contributed by atoms with van der Waals surface area (Å²) in [5.41, 5.74) is 3.54. The summed E-state index contributed by atoms with van der Waals surface area (Å²) in [4.78, 5) is 30.0. The number of nitrogens with zero attached hydrogens (tertiary/aromatic N) is 1. The van der Waals surface area contributed by atoms with Gasteiger partial charge in [0.25, 0.3) is 11.8 Å². The average Bonchev–Trinajstić information content (AvgIpc) is 3.15. The zero-order valence-electron chi connectivity index (χ0n) is 18.8. The van der Waals surface area contributed by atoms with Gasteiger partial charge in [-0.3, -0.25) is 9.59 Å². The molecule has 6 heteroatoms. The normalized spacial score (nSPS) is 11.8. The lowest BCUT2D eigenvalue weighted by molar-refractivity contribution is 0.0933. The van der Waals surface area contributed by atoms with Crippen LogP contribution in [0.15, 0.2) is 77.2 Å². The van der Waals surface area contributed by atoms with Crippen molar-refractivity contribution < 1.29 is 14.0 Å². The van der Waals surface area contributed by atoms with Crippen LogP contribution in [0.5, 0.6) is 0 Å². The number of rotatable bonds is 8. The van der Waals surface area contributed by atoms with Crippen molar-refractivity contribution >= 4 is 22.8 Å². The van der Waals surface area contributed by atoms with E-state index in [1.807, 2.05) is 73.7 Å². The summed E-state index contributed by atoms with van der Waals surface area (Å²) in [7, 11) is 0. The molecule has 33 heavy (non-hydrogen) atoms. The highest BCUT2D eigenvalue weighted by Crippen LogP contribution is 2.25. The van der Waals surface area contributed by atoms with Gasteiger partial charge in [-0.25, -0.2) is 4.98 Å². The zero-order chi connectivity index (χ0) is 23.2. The van der Waals surface area contributed by atoms with Crippen molar-refractivity contribution in [3.8, 4) is 0 Å². The Labute approximate surface area is 193 Å². The van der Waals surface area contributed by atoms with E-state index in [-0.39, 0.29) is 17.9 Å². The molecule has 0 aliphatic heterocycles. The maximum atomic E-state index is 13.2. The summed E-state index contributed by atoms with van der Waals surface area (Å²) in [6.45, 7) is 4.07. The van der Waals surface area contributed by atoms with Gasteiger partial charge in [0.05, 0.1) is 5.56 Å². The van der Waals surface area contributed by atoms with Crippen molar-refractivity contribution in [1.82, 2.24) is 15.6 Å². The van der Waals surface area contributed by atoms with Crippen LogP contribution in [0, 0.1) is 13.8 Å². The van der Waals surface area contributed by atoms with Crippen molar-refractivity contribution in [2.75, 3.05) is 6.54 Å². The van der Waals surface area contributed by atoms with Crippen LogP contribution in [0.25, 0.3) is 11.0 Å². The van der Waals surface area contributed by atoms with Gasteiger partial charge in [0, 0.05) is 23.7 Å². The molecule has 2 aromatic carbocycles. The van der Waals surface area contributed by atoms with E-state index in [4.69, 9.17) is 4.42 Å². The number of aromatic nitrogens is 1. The molecule has 1 atom stereocenters. The number of carbonyl (C=O) groups is 2. The van der Waals surface area contributed by atoms with Crippen LogP contribution >= 0.6 is 0 Å². The number of hydrogen-bond donors (Lipinski definition) is 2. The topological polar surface area (TPSA) is 84.2 Å². The van der Waals surface area contributed by atoms with Crippen molar-refractivity contribution in [3.05, 3.63) is 101 Å². The number of nitrogens with one attached hydrogen (secondary N) is 2. The highest BCUT2D eigenvalue weighted by molar-refractivity contribution is 6.07.